The van der Waals surface area contributed by atoms with E-state index in [0.717, 1.165) is 0 Å². The van der Waals surface area contributed by atoms with E-state index in [1.807, 2.05) is 27.7 Å². The van der Waals surface area contributed by atoms with E-state index < -0.39 is 0 Å². The van der Waals surface area contributed by atoms with Gasteiger partial charge in [-0.25, -0.2) is 0 Å². The van der Waals surface area contributed by atoms with Crippen molar-refractivity contribution < 1.29 is 19.1 Å². The SMILES string of the molecule is CCOc1cc(C(=O)N(CC)CC(=O)NC(C)C)ccc1OC. The Morgan fingerprint density at radius 1 is 1.22 bits per heavy atom. The van der Waals surface area contributed by atoms with Crippen molar-refractivity contribution >= 4 is 11.8 Å². The molecule has 2 amide bonds. The third-order valence-corrected chi connectivity index (χ3v) is 3.16. The lowest BCUT2D eigenvalue weighted by molar-refractivity contribution is -0.122. The first-order valence-corrected chi connectivity index (χ1v) is 7.82. The highest BCUT2D eigenvalue weighted by atomic mass is 16.5. The van der Waals surface area contributed by atoms with Gasteiger partial charge in [0.25, 0.3) is 5.91 Å². The number of methoxy groups -OCH3 is 1. The summed E-state index contributed by atoms with van der Waals surface area (Å²) in [6, 6.07) is 5.06. The predicted molar refractivity (Wildman–Crippen MR) is 89.0 cm³/mol. The van der Waals surface area contributed by atoms with E-state index >= 15 is 0 Å². The summed E-state index contributed by atoms with van der Waals surface area (Å²) in [6.45, 7) is 8.42. The van der Waals surface area contributed by atoms with Gasteiger partial charge in [-0.15, -0.1) is 0 Å². The van der Waals surface area contributed by atoms with Crippen molar-refractivity contribution in [2.75, 3.05) is 26.8 Å². The number of carbonyl (C=O) groups is 2. The minimum atomic E-state index is -0.213. The van der Waals surface area contributed by atoms with Gasteiger partial charge in [0.2, 0.25) is 5.91 Å². The zero-order valence-electron chi connectivity index (χ0n) is 14.5. The summed E-state index contributed by atoms with van der Waals surface area (Å²) in [5.41, 5.74) is 0.466. The number of benzene rings is 1. The molecule has 0 radical (unpaired) electrons. The Balaban J connectivity index is 2.92. The fourth-order valence-electron chi connectivity index (χ4n) is 2.13. The largest absolute Gasteiger partial charge is 0.493 e. The Kier molecular flexibility index (Phi) is 7.38. The van der Waals surface area contributed by atoms with Gasteiger partial charge in [-0.05, 0) is 45.9 Å². The van der Waals surface area contributed by atoms with E-state index in [0.29, 0.717) is 30.2 Å². The lowest BCUT2D eigenvalue weighted by atomic mass is 10.1. The molecule has 0 saturated heterocycles. The van der Waals surface area contributed by atoms with Crippen LogP contribution in [0.25, 0.3) is 0 Å². The van der Waals surface area contributed by atoms with Gasteiger partial charge in [0.15, 0.2) is 11.5 Å². The van der Waals surface area contributed by atoms with Crippen LogP contribution in [0, 0.1) is 0 Å². The number of hydrogen-bond acceptors (Lipinski definition) is 4. The van der Waals surface area contributed by atoms with Crippen LogP contribution >= 0.6 is 0 Å². The number of likely N-dealkylation sites (N-methyl/N-ethyl adjacent to an activating group) is 1. The van der Waals surface area contributed by atoms with Gasteiger partial charge in [-0.3, -0.25) is 9.59 Å². The smallest absolute Gasteiger partial charge is 0.254 e. The molecule has 6 heteroatoms. The second kappa shape index (κ2) is 9.02. The van der Waals surface area contributed by atoms with Crippen LogP contribution in [0.1, 0.15) is 38.1 Å². The predicted octanol–water partition coefficient (Wildman–Crippen LogP) is 2.08. The van der Waals surface area contributed by atoms with Crippen LogP contribution in [0.4, 0.5) is 0 Å². The molecule has 1 rings (SSSR count). The molecule has 0 fully saturated rings. The van der Waals surface area contributed by atoms with Crippen LogP contribution in [0.5, 0.6) is 11.5 Å². The standard InChI is InChI=1S/C17H26N2O4/c1-6-19(11-16(20)18-12(3)4)17(21)13-8-9-14(22-5)15(10-13)23-7-2/h8-10,12H,6-7,11H2,1-5H3,(H,18,20). The Morgan fingerprint density at radius 3 is 2.43 bits per heavy atom. The van der Waals surface area contributed by atoms with E-state index in [1.54, 1.807) is 25.3 Å². The number of ether oxygens (including phenoxy) is 2. The highest BCUT2D eigenvalue weighted by molar-refractivity contribution is 5.97. The van der Waals surface area contributed by atoms with E-state index in [-0.39, 0.29) is 24.4 Å². The molecule has 1 aromatic carbocycles. The van der Waals surface area contributed by atoms with Gasteiger partial charge in [-0.2, -0.15) is 0 Å². The van der Waals surface area contributed by atoms with Crippen LogP contribution in [0.2, 0.25) is 0 Å². The highest BCUT2D eigenvalue weighted by Crippen LogP contribution is 2.28. The number of nitrogens with zero attached hydrogens (tertiary/aromatic N) is 1. The van der Waals surface area contributed by atoms with Crippen LogP contribution in [-0.2, 0) is 4.79 Å². The lowest BCUT2D eigenvalue weighted by Crippen LogP contribution is -2.42. The molecule has 0 saturated carbocycles. The fourth-order valence-corrected chi connectivity index (χ4v) is 2.13. The third-order valence-electron chi connectivity index (χ3n) is 3.16. The third kappa shape index (κ3) is 5.47. The summed E-state index contributed by atoms with van der Waals surface area (Å²) in [6.07, 6.45) is 0. The Bertz CT molecular complexity index is 543. The number of hydrogen-bond donors (Lipinski definition) is 1. The van der Waals surface area contributed by atoms with Gasteiger partial charge in [0, 0.05) is 18.2 Å². The molecule has 0 unspecified atom stereocenters. The zero-order chi connectivity index (χ0) is 17.4. The first-order valence-electron chi connectivity index (χ1n) is 7.82. The summed E-state index contributed by atoms with van der Waals surface area (Å²) >= 11 is 0. The maximum atomic E-state index is 12.6. The zero-order valence-corrected chi connectivity index (χ0v) is 14.5. The molecule has 0 atom stereocenters. The van der Waals surface area contributed by atoms with Crippen molar-refractivity contribution in [3.05, 3.63) is 23.8 Å². The van der Waals surface area contributed by atoms with E-state index in [2.05, 4.69) is 5.32 Å². The second-order valence-corrected chi connectivity index (χ2v) is 5.34. The second-order valence-electron chi connectivity index (χ2n) is 5.34. The summed E-state index contributed by atoms with van der Waals surface area (Å²) in [5.74, 6) is 0.705. The number of carbonyl (C=O) groups excluding carboxylic acids is 2. The Morgan fingerprint density at radius 2 is 1.91 bits per heavy atom. The average Bonchev–Trinajstić information content (AvgIpc) is 2.51. The Labute approximate surface area is 137 Å². The molecular weight excluding hydrogens is 296 g/mol. The molecule has 128 valence electrons. The molecule has 0 aromatic heterocycles. The van der Waals surface area contributed by atoms with Crippen molar-refractivity contribution in [3.8, 4) is 11.5 Å². The van der Waals surface area contributed by atoms with Crippen molar-refractivity contribution in [3.63, 3.8) is 0 Å². The molecule has 1 N–H and O–H groups in total. The molecule has 0 aliphatic heterocycles. The van der Waals surface area contributed by atoms with Crippen molar-refractivity contribution in [1.29, 1.82) is 0 Å². The quantitative estimate of drug-likeness (QED) is 0.796. The molecule has 0 aliphatic rings. The minimum absolute atomic E-state index is 0.0313. The van der Waals surface area contributed by atoms with E-state index in [1.165, 1.54) is 4.90 Å². The van der Waals surface area contributed by atoms with Crippen LogP contribution in [0.15, 0.2) is 18.2 Å². The molecule has 0 bridgehead atoms. The molecule has 0 heterocycles. The molecule has 0 aliphatic carbocycles. The fraction of sp³-hybridized carbons (Fsp3) is 0.529. The van der Waals surface area contributed by atoms with Gasteiger partial charge >= 0.3 is 0 Å². The molecule has 6 nitrogen and oxygen atoms in total. The van der Waals surface area contributed by atoms with E-state index in [9.17, 15) is 9.59 Å². The van der Waals surface area contributed by atoms with Gasteiger partial charge < -0.3 is 19.7 Å². The molecule has 0 spiro atoms. The van der Waals surface area contributed by atoms with Crippen LogP contribution < -0.4 is 14.8 Å². The number of rotatable bonds is 8. The van der Waals surface area contributed by atoms with Gasteiger partial charge in [0.05, 0.1) is 20.3 Å². The normalized spacial score (nSPS) is 10.3. The lowest BCUT2D eigenvalue weighted by Gasteiger charge is -2.21. The summed E-state index contributed by atoms with van der Waals surface area (Å²) < 4.78 is 10.7. The molecule has 1 aromatic rings. The molecule has 23 heavy (non-hydrogen) atoms. The topological polar surface area (TPSA) is 67.9 Å². The van der Waals surface area contributed by atoms with Crippen molar-refractivity contribution in [2.45, 2.75) is 33.7 Å². The van der Waals surface area contributed by atoms with E-state index in [4.69, 9.17) is 9.47 Å². The summed E-state index contributed by atoms with van der Waals surface area (Å²) in [7, 11) is 1.55. The maximum Gasteiger partial charge on any atom is 0.254 e. The van der Waals surface area contributed by atoms with Crippen molar-refractivity contribution in [2.24, 2.45) is 0 Å². The first kappa shape index (κ1) is 18.8. The first-order chi connectivity index (χ1) is 10.9. The summed E-state index contributed by atoms with van der Waals surface area (Å²) in [4.78, 5) is 26.0. The van der Waals surface area contributed by atoms with Crippen LogP contribution in [0.3, 0.4) is 0 Å². The monoisotopic (exact) mass is 322 g/mol. The van der Waals surface area contributed by atoms with Crippen LogP contribution in [-0.4, -0.2) is 49.6 Å². The Hall–Kier alpha value is -2.24. The van der Waals surface area contributed by atoms with Crippen molar-refractivity contribution in [1.82, 2.24) is 10.2 Å². The number of nitrogens with one attached hydrogen (secondary N) is 1. The van der Waals surface area contributed by atoms with Gasteiger partial charge in [-0.1, -0.05) is 0 Å². The minimum Gasteiger partial charge on any atom is -0.493 e. The number of amides is 2. The average molecular weight is 322 g/mol. The molecular formula is C17H26N2O4. The van der Waals surface area contributed by atoms with Gasteiger partial charge in [0.1, 0.15) is 0 Å². The maximum absolute atomic E-state index is 12.6. The highest BCUT2D eigenvalue weighted by Gasteiger charge is 2.19. The summed E-state index contributed by atoms with van der Waals surface area (Å²) in [5, 5.41) is 2.79.